The zero-order valence-electron chi connectivity index (χ0n) is 39.5. The molecular formula is C48H76O10Si2. The van der Waals surface area contributed by atoms with Crippen LogP contribution >= 0.6 is 0 Å². The fourth-order valence-electron chi connectivity index (χ4n) is 7.50. The van der Waals surface area contributed by atoms with Gasteiger partial charge in [0.2, 0.25) is 0 Å². The number of ether oxygens (including phenoxy) is 6. The lowest BCUT2D eigenvalue weighted by Crippen LogP contribution is -2.31. The summed E-state index contributed by atoms with van der Waals surface area (Å²) in [6.45, 7) is 33.7. The minimum Gasteiger partial charge on any atom is -0.462 e. The summed E-state index contributed by atoms with van der Waals surface area (Å²) in [6.07, 6.45) is 6.72. The first kappa shape index (κ1) is 51.4. The van der Waals surface area contributed by atoms with Crippen LogP contribution in [0.25, 0.3) is 12.2 Å². The average Bonchev–Trinajstić information content (AvgIpc) is 3.61. The molecule has 0 saturated carbocycles. The molecule has 336 valence electrons. The van der Waals surface area contributed by atoms with Crippen LogP contribution in [0.1, 0.15) is 95.6 Å². The number of hydrogen-bond donors (Lipinski definition) is 2. The molecule has 4 rings (SSSR count). The fraction of sp³-hybridized carbons (Fsp3) is 0.625. The summed E-state index contributed by atoms with van der Waals surface area (Å²) in [7, 11) is -2.53. The Bertz CT molecular complexity index is 1690. The van der Waals surface area contributed by atoms with E-state index < -0.39 is 27.7 Å². The largest absolute Gasteiger partial charge is 0.462 e. The van der Waals surface area contributed by atoms with Crippen LogP contribution in [0.15, 0.2) is 36.4 Å². The Balaban J connectivity index is 0.000000320. The lowest BCUT2D eigenvalue weighted by Gasteiger charge is -2.20. The minimum absolute atomic E-state index is 0.000467. The van der Waals surface area contributed by atoms with Crippen molar-refractivity contribution in [1.29, 1.82) is 0 Å². The van der Waals surface area contributed by atoms with Crippen molar-refractivity contribution >= 4 is 40.2 Å². The lowest BCUT2D eigenvalue weighted by molar-refractivity contribution is -0.151. The Morgan fingerprint density at radius 1 is 0.633 bits per heavy atom. The highest BCUT2D eigenvalue weighted by Gasteiger charge is 2.44. The van der Waals surface area contributed by atoms with Crippen LogP contribution < -0.4 is 0 Å². The highest BCUT2D eigenvalue weighted by atomic mass is 28.3. The van der Waals surface area contributed by atoms with Crippen molar-refractivity contribution in [3.63, 3.8) is 0 Å². The van der Waals surface area contributed by atoms with Gasteiger partial charge in [0.25, 0.3) is 0 Å². The third-order valence-corrected chi connectivity index (χ3v) is 14.0. The maximum absolute atomic E-state index is 12.8. The summed E-state index contributed by atoms with van der Waals surface area (Å²) >= 11 is 0. The lowest BCUT2D eigenvalue weighted by atomic mass is 9.95. The van der Waals surface area contributed by atoms with Crippen molar-refractivity contribution in [3.05, 3.63) is 80.9 Å². The molecule has 0 bridgehead atoms. The molecule has 0 aromatic heterocycles. The summed E-state index contributed by atoms with van der Waals surface area (Å²) in [4.78, 5) is 25.7. The van der Waals surface area contributed by atoms with E-state index in [-0.39, 0.29) is 61.4 Å². The number of benzene rings is 2. The molecule has 0 radical (unpaired) electrons. The maximum Gasteiger partial charge on any atom is 0.338 e. The van der Waals surface area contributed by atoms with Crippen LogP contribution in [-0.4, -0.2) is 101 Å². The van der Waals surface area contributed by atoms with Crippen LogP contribution in [0, 0.1) is 39.5 Å². The summed E-state index contributed by atoms with van der Waals surface area (Å²) in [5.74, 6) is -1.97. The Morgan fingerprint density at radius 3 is 1.27 bits per heavy atom. The van der Waals surface area contributed by atoms with Crippen molar-refractivity contribution in [2.24, 2.45) is 11.8 Å². The first-order chi connectivity index (χ1) is 27.7. The topological polar surface area (TPSA) is 130 Å². The Kier molecular flexibility index (Phi) is 18.4. The van der Waals surface area contributed by atoms with E-state index in [2.05, 4.69) is 39.3 Å². The van der Waals surface area contributed by atoms with Crippen LogP contribution in [0.3, 0.4) is 0 Å². The van der Waals surface area contributed by atoms with Crippen molar-refractivity contribution in [2.75, 3.05) is 26.4 Å². The molecule has 60 heavy (non-hydrogen) atoms. The molecule has 0 amide bonds. The Morgan fingerprint density at radius 2 is 0.967 bits per heavy atom. The number of aliphatic hydroxyl groups is 2. The van der Waals surface area contributed by atoms with Gasteiger partial charge in [0, 0.05) is 28.0 Å². The predicted octanol–water partition coefficient (Wildman–Crippen LogP) is 9.92. The third kappa shape index (κ3) is 15.8. The molecule has 2 aromatic carbocycles. The van der Waals surface area contributed by atoms with Crippen molar-refractivity contribution in [2.45, 2.75) is 157 Å². The highest BCUT2D eigenvalue weighted by Crippen LogP contribution is 2.34. The van der Waals surface area contributed by atoms with E-state index >= 15 is 0 Å². The number of carbonyl (C=O) groups is 2. The van der Waals surface area contributed by atoms with Crippen LogP contribution in [0.5, 0.6) is 0 Å². The van der Waals surface area contributed by atoms with Crippen molar-refractivity contribution in [1.82, 2.24) is 0 Å². The molecule has 2 aliphatic rings. The molecule has 12 heteroatoms. The summed E-state index contributed by atoms with van der Waals surface area (Å²) in [6, 6.07) is 9.92. The number of rotatable bonds is 16. The van der Waals surface area contributed by atoms with Crippen LogP contribution in [0.4, 0.5) is 0 Å². The molecule has 0 spiro atoms. The number of carbonyl (C=O) groups excluding carboxylic acids is 2. The number of aryl methyl sites for hydroxylation is 4. The number of esters is 2. The van der Waals surface area contributed by atoms with Gasteiger partial charge in [0.1, 0.15) is 12.2 Å². The standard InChI is InChI=1S/2C24H38O5Si/c2*1-16-13-18(3)21(23(26)27-11-12-30(6,7)8)19(14-16)10-9-17(2)22-20(15-25)28-24(4,5)29-22/h2*9-10,13-14,17,20,22,25H,11-12,15H2,1-8H3/b2*10-9+. The van der Waals surface area contributed by atoms with Gasteiger partial charge in [-0.1, -0.05) is 113 Å². The molecule has 6 atom stereocenters. The van der Waals surface area contributed by atoms with Gasteiger partial charge in [0.15, 0.2) is 11.6 Å². The first-order valence-corrected chi connectivity index (χ1v) is 28.9. The Labute approximate surface area is 363 Å². The van der Waals surface area contributed by atoms with Gasteiger partial charge in [-0.15, -0.1) is 0 Å². The maximum atomic E-state index is 12.8. The average molecular weight is 869 g/mol. The first-order valence-electron chi connectivity index (χ1n) is 21.5. The van der Waals surface area contributed by atoms with Crippen LogP contribution in [-0.2, 0) is 28.4 Å². The molecule has 2 saturated heterocycles. The molecule has 6 unspecified atom stereocenters. The van der Waals surface area contributed by atoms with Gasteiger partial charge in [0.05, 0.1) is 49.8 Å². The number of aliphatic hydroxyl groups excluding tert-OH is 2. The van der Waals surface area contributed by atoms with Gasteiger partial charge >= 0.3 is 11.9 Å². The summed E-state index contributed by atoms with van der Waals surface area (Å²) in [5.41, 5.74) is 6.92. The number of hydrogen-bond acceptors (Lipinski definition) is 10. The van der Waals surface area contributed by atoms with Gasteiger partial charge in [-0.3, -0.25) is 0 Å². The summed E-state index contributed by atoms with van der Waals surface area (Å²) < 4.78 is 34.8. The van der Waals surface area contributed by atoms with Gasteiger partial charge in [-0.25, -0.2) is 9.59 Å². The zero-order chi connectivity index (χ0) is 45.4. The Hall–Kier alpha value is -2.95. The fourth-order valence-corrected chi connectivity index (χ4v) is 8.92. The highest BCUT2D eigenvalue weighted by molar-refractivity contribution is 6.76. The second-order valence-electron chi connectivity index (χ2n) is 20.1. The minimum atomic E-state index is -1.27. The van der Waals surface area contributed by atoms with Gasteiger partial charge in [-0.05, 0) is 89.7 Å². The third-order valence-electron chi connectivity index (χ3n) is 10.6. The van der Waals surface area contributed by atoms with Crippen LogP contribution in [0.2, 0.25) is 51.4 Å². The van der Waals surface area contributed by atoms with E-state index in [0.717, 1.165) is 45.5 Å². The normalized spacial score (nSPS) is 22.4. The molecule has 2 aromatic rings. The quantitative estimate of drug-likeness (QED) is 0.124. The van der Waals surface area contributed by atoms with E-state index in [1.807, 2.05) is 118 Å². The van der Waals surface area contributed by atoms with E-state index in [0.29, 0.717) is 24.3 Å². The molecular weight excluding hydrogens is 793 g/mol. The monoisotopic (exact) mass is 868 g/mol. The molecule has 2 aliphatic heterocycles. The van der Waals surface area contributed by atoms with E-state index in [4.69, 9.17) is 28.4 Å². The molecule has 2 heterocycles. The summed E-state index contributed by atoms with van der Waals surface area (Å²) in [5, 5.41) is 19.3. The van der Waals surface area contributed by atoms with E-state index in [1.54, 1.807) is 0 Å². The smallest absolute Gasteiger partial charge is 0.338 e. The van der Waals surface area contributed by atoms with E-state index in [9.17, 15) is 19.8 Å². The van der Waals surface area contributed by atoms with Crippen molar-refractivity contribution in [3.8, 4) is 0 Å². The second-order valence-corrected chi connectivity index (χ2v) is 31.3. The SMILES string of the molecule is Cc1cc(C)c(C(=O)OCC[Si](C)(C)C)c(/C=C/C(C)C2OC(C)(C)OC2CO)c1.Cc1cc(C)c(C(=O)OCC[Si](C)(C)C)c(/C=C/C(C)C2OC(C)(C)OC2CO)c1. The van der Waals surface area contributed by atoms with Gasteiger partial charge < -0.3 is 38.6 Å². The predicted molar refractivity (Wildman–Crippen MR) is 247 cm³/mol. The molecule has 2 fully saturated rings. The second kappa shape index (κ2) is 21.4. The molecule has 0 aliphatic carbocycles. The molecule has 2 N–H and O–H groups in total. The molecule has 10 nitrogen and oxygen atoms in total. The zero-order valence-corrected chi connectivity index (χ0v) is 41.5. The van der Waals surface area contributed by atoms with Crippen molar-refractivity contribution < 1.29 is 48.2 Å². The van der Waals surface area contributed by atoms with Gasteiger partial charge in [-0.2, -0.15) is 0 Å². The van der Waals surface area contributed by atoms with E-state index in [1.165, 1.54) is 0 Å².